The molecule has 0 saturated carbocycles. The summed E-state index contributed by atoms with van der Waals surface area (Å²) in [7, 11) is 0. The van der Waals surface area contributed by atoms with E-state index in [0.717, 1.165) is 23.4 Å². The standard InChI is InChI=1S/C56H40N2/c1-39-19-6-2-7-20-40-21-14-16-31-51(40)56(39,42-22-8-3-9-23-42)43-34-36-54-50(38-43)49-37-41(33-35-53(49)57(54)44-24-10-4-11-25-44)46-29-18-30-48-47-28-15-17-32-52(47)58(55(46)48)45-26-12-5-13-27-45/h2-19,21-38H,1,20H2/b7-2-,19-6-. The van der Waals surface area contributed by atoms with E-state index in [-0.39, 0.29) is 0 Å². The summed E-state index contributed by atoms with van der Waals surface area (Å²) in [6.45, 7) is 4.86. The summed E-state index contributed by atoms with van der Waals surface area (Å²) in [5.41, 5.74) is 14.8. The minimum atomic E-state index is -0.629. The zero-order chi connectivity index (χ0) is 38.6. The molecule has 1 atom stereocenters. The van der Waals surface area contributed by atoms with E-state index in [2.05, 4.69) is 228 Å². The molecule has 10 aromatic rings. The van der Waals surface area contributed by atoms with Crippen molar-refractivity contribution in [3.05, 3.63) is 253 Å². The van der Waals surface area contributed by atoms with Gasteiger partial charge < -0.3 is 9.13 Å². The van der Waals surface area contributed by atoms with Crippen molar-refractivity contribution in [3.63, 3.8) is 0 Å². The molecule has 0 saturated heterocycles. The average Bonchev–Trinajstić information content (AvgIpc) is 3.82. The quantitative estimate of drug-likeness (QED) is 0.166. The molecule has 2 heterocycles. The number of benzene rings is 8. The Hall–Kier alpha value is -7.42. The van der Waals surface area contributed by atoms with Gasteiger partial charge in [-0.1, -0.05) is 170 Å². The predicted molar refractivity (Wildman–Crippen MR) is 244 cm³/mol. The van der Waals surface area contributed by atoms with E-state index >= 15 is 0 Å². The van der Waals surface area contributed by atoms with Crippen molar-refractivity contribution in [1.29, 1.82) is 0 Å². The molecule has 8 aromatic carbocycles. The molecule has 11 rings (SSSR count). The Morgan fingerprint density at radius 2 is 1.07 bits per heavy atom. The lowest BCUT2D eigenvalue weighted by molar-refractivity contribution is 0.738. The largest absolute Gasteiger partial charge is 0.309 e. The van der Waals surface area contributed by atoms with E-state index in [1.807, 2.05) is 0 Å². The molecule has 1 aliphatic rings. The Balaban J connectivity index is 1.23. The van der Waals surface area contributed by atoms with Gasteiger partial charge in [0, 0.05) is 38.5 Å². The number of para-hydroxylation sites is 4. The number of fused-ring (bicyclic) bond motifs is 7. The highest BCUT2D eigenvalue weighted by Gasteiger charge is 2.40. The van der Waals surface area contributed by atoms with E-state index in [4.69, 9.17) is 6.58 Å². The fourth-order valence-corrected chi connectivity index (χ4v) is 9.72. The highest BCUT2D eigenvalue weighted by molar-refractivity contribution is 6.15. The number of hydrogen-bond donors (Lipinski definition) is 0. The van der Waals surface area contributed by atoms with Crippen LogP contribution in [0.4, 0.5) is 0 Å². The average molecular weight is 741 g/mol. The van der Waals surface area contributed by atoms with E-state index < -0.39 is 5.41 Å². The Morgan fingerprint density at radius 3 is 1.86 bits per heavy atom. The van der Waals surface area contributed by atoms with E-state index in [1.54, 1.807) is 0 Å². The molecule has 0 aliphatic heterocycles. The molecule has 2 aromatic heterocycles. The minimum Gasteiger partial charge on any atom is -0.309 e. The zero-order valence-corrected chi connectivity index (χ0v) is 32.1. The van der Waals surface area contributed by atoms with Gasteiger partial charge in [0.1, 0.15) is 0 Å². The minimum absolute atomic E-state index is 0.629. The Morgan fingerprint density at radius 1 is 0.448 bits per heavy atom. The molecule has 0 N–H and O–H groups in total. The summed E-state index contributed by atoms with van der Waals surface area (Å²) < 4.78 is 4.85. The SMILES string of the molecule is C=C1/C=C\C=C/Cc2ccccc2C1(c1ccccc1)c1ccc2c(c1)c1cc(-c3cccc4c5ccccc5n(-c5ccccc5)c34)ccc1n2-c1ccccc1. The zero-order valence-electron chi connectivity index (χ0n) is 32.1. The van der Waals surface area contributed by atoms with Crippen molar-refractivity contribution in [2.24, 2.45) is 0 Å². The van der Waals surface area contributed by atoms with E-state index in [1.165, 1.54) is 77.0 Å². The third kappa shape index (κ3) is 5.12. The maximum atomic E-state index is 4.86. The van der Waals surface area contributed by atoms with Crippen LogP contribution in [0.1, 0.15) is 22.3 Å². The van der Waals surface area contributed by atoms with Crippen molar-refractivity contribution in [2.75, 3.05) is 0 Å². The van der Waals surface area contributed by atoms with Crippen molar-refractivity contribution in [1.82, 2.24) is 9.13 Å². The van der Waals surface area contributed by atoms with Crippen LogP contribution in [0.5, 0.6) is 0 Å². The molecule has 2 heteroatoms. The molecule has 0 fully saturated rings. The van der Waals surface area contributed by atoms with Crippen molar-refractivity contribution >= 4 is 43.6 Å². The third-order valence-corrected chi connectivity index (χ3v) is 12.2. The van der Waals surface area contributed by atoms with Gasteiger partial charge in [0.2, 0.25) is 0 Å². The van der Waals surface area contributed by atoms with Gasteiger partial charge in [0.25, 0.3) is 0 Å². The molecule has 0 bridgehead atoms. The number of rotatable bonds is 5. The lowest BCUT2D eigenvalue weighted by Gasteiger charge is -2.38. The molecule has 0 amide bonds. The van der Waals surface area contributed by atoms with Crippen LogP contribution in [0.15, 0.2) is 231 Å². The maximum absolute atomic E-state index is 4.86. The smallest absolute Gasteiger partial charge is 0.0698 e. The third-order valence-electron chi connectivity index (χ3n) is 12.2. The first-order valence-electron chi connectivity index (χ1n) is 20.1. The molecule has 2 nitrogen and oxygen atoms in total. The van der Waals surface area contributed by atoms with Gasteiger partial charge in [-0.15, -0.1) is 0 Å². The van der Waals surface area contributed by atoms with Crippen LogP contribution in [-0.4, -0.2) is 9.13 Å². The molecule has 1 aliphatic carbocycles. The van der Waals surface area contributed by atoms with E-state index in [0.29, 0.717) is 0 Å². The Bertz CT molecular complexity index is 3250. The van der Waals surface area contributed by atoms with E-state index in [9.17, 15) is 0 Å². The summed E-state index contributed by atoms with van der Waals surface area (Å²) in [5.74, 6) is 0. The Labute approximate surface area is 338 Å². The number of aromatic nitrogens is 2. The van der Waals surface area contributed by atoms with Crippen LogP contribution in [-0.2, 0) is 11.8 Å². The van der Waals surface area contributed by atoms with Gasteiger partial charge in [-0.05, 0) is 94.4 Å². The number of allylic oxidation sites excluding steroid dienone is 5. The monoisotopic (exact) mass is 740 g/mol. The van der Waals surface area contributed by atoms with Crippen LogP contribution in [0.2, 0.25) is 0 Å². The summed E-state index contributed by atoms with van der Waals surface area (Å²) in [6, 6.07) is 71.1. The highest BCUT2D eigenvalue weighted by Crippen LogP contribution is 2.49. The lowest BCUT2D eigenvalue weighted by Crippen LogP contribution is -2.32. The molecule has 1 unspecified atom stereocenters. The number of hydrogen-bond acceptors (Lipinski definition) is 0. The molecule has 274 valence electrons. The van der Waals surface area contributed by atoms with Gasteiger partial charge >= 0.3 is 0 Å². The lowest BCUT2D eigenvalue weighted by atomic mass is 9.63. The molecular formula is C56H40N2. The second-order valence-corrected chi connectivity index (χ2v) is 15.3. The van der Waals surface area contributed by atoms with Crippen molar-refractivity contribution in [2.45, 2.75) is 11.8 Å². The molecule has 0 spiro atoms. The highest BCUT2D eigenvalue weighted by atomic mass is 15.0. The van der Waals surface area contributed by atoms with Crippen molar-refractivity contribution < 1.29 is 0 Å². The normalized spacial score (nSPS) is 16.6. The van der Waals surface area contributed by atoms with Gasteiger partial charge in [-0.2, -0.15) is 0 Å². The summed E-state index contributed by atoms with van der Waals surface area (Å²) in [6.07, 6.45) is 9.59. The van der Waals surface area contributed by atoms with Crippen LogP contribution in [0.3, 0.4) is 0 Å². The van der Waals surface area contributed by atoms with Crippen LogP contribution in [0.25, 0.3) is 66.1 Å². The predicted octanol–water partition coefficient (Wildman–Crippen LogP) is 14.1. The van der Waals surface area contributed by atoms with Gasteiger partial charge in [-0.3, -0.25) is 0 Å². The Kier molecular flexibility index (Phi) is 7.97. The van der Waals surface area contributed by atoms with Crippen LogP contribution < -0.4 is 0 Å². The summed E-state index contributed by atoms with van der Waals surface area (Å²) in [5, 5.41) is 4.91. The van der Waals surface area contributed by atoms with Gasteiger partial charge in [0.15, 0.2) is 0 Å². The molecular weight excluding hydrogens is 701 g/mol. The first kappa shape index (κ1) is 33.9. The topological polar surface area (TPSA) is 9.86 Å². The number of nitrogens with zero attached hydrogens (tertiary/aromatic N) is 2. The summed E-state index contributed by atoms with van der Waals surface area (Å²) in [4.78, 5) is 0. The van der Waals surface area contributed by atoms with Crippen LogP contribution >= 0.6 is 0 Å². The second-order valence-electron chi connectivity index (χ2n) is 15.3. The second kappa shape index (κ2) is 13.7. The fourth-order valence-electron chi connectivity index (χ4n) is 9.72. The first-order chi connectivity index (χ1) is 28.7. The summed E-state index contributed by atoms with van der Waals surface area (Å²) >= 11 is 0. The molecule has 0 radical (unpaired) electrons. The first-order valence-corrected chi connectivity index (χ1v) is 20.1. The van der Waals surface area contributed by atoms with Crippen molar-refractivity contribution in [3.8, 4) is 22.5 Å². The van der Waals surface area contributed by atoms with Crippen LogP contribution in [0, 0.1) is 0 Å². The fraction of sp³-hybridized carbons (Fsp3) is 0.0357. The molecule has 58 heavy (non-hydrogen) atoms. The van der Waals surface area contributed by atoms with Gasteiger partial charge in [-0.25, -0.2) is 0 Å². The van der Waals surface area contributed by atoms with Gasteiger partial charge in [0.05, 0.1) is 27.5 Å². The maximum Gasteiger partial charge on any atom is 0.0698 e.